The standard InChI is InChI=1S/C15H16N4O/c1-9(2)12-5-4-11(6-10(12)3)20-15-13-14(17-7-16-13)18-8-19-15/h4-9H,1-3H3,(H,16,17,18,19). The first-order valence-electron chi connectivity index (χ1n) is 6.57. The number of aromatic nitrogens is 4. The Morgan fingerprint density at radius 1 is 1.15 bits per heavy atom. The van der Waals surface area contributed by atoms with Gasteiger partial charge in [0, 0.05) is 0 Å². The molecule has 0 radical (unpaired) electrons. The van der Waals surface area contributed by atoms with Gasteiger partial charge in [-0.3, -0.25) is 0 Å². The highest BCUT2D eigenvalue weighted by Crippen LogP contribution is 2.28. The molecule has 0 aliphatic heterocycles. The van der Waals surface area contributed by atoms with E-state index in [1.807, 2.05) is 12.1 Å². The van der Waals surface area contributed by atoms with E-state index in [-0.39, 0.29) is 0 Å². The zero-order chi connectivity index (χ0) is 14.1. The first-order chi connectivity index (χ1) is 9.65. The van der Waals surface area contributed by atoms with Gasteiger partial charge in [0.15, 0.2) is 5.65 Å². The molecule has 0 aliphatic rings. The molecule has 3 aromatic rings. The number of nitrogens with zero attached hydrogens (tertiary/aromatic N) is 3. The van der Waals surface area contributed by atoms with E-state index in [1.54, 1.807) is 6.33 Å². The van der Waals surface area contributed by atoms with Gasteiger partial charge in [0.1, 0.15) is 17.6 Å². The third-order valence-corrected chi connectivity index (χ3v) is 3.27. The van der Waals surface area contributed by atoms with Crippen molar-refractivity contribution in [2.24, 2.45) is 0 Å². The van der Waals surface area contributed by atoms with E-state index >= 15 is 0 Å². The summed E-state index contributed by atoms with van der Waals surface area (Å²) in [7, 11) is 0. The molecule has 2 heterocycles. The minimum Gasteiger partial charge on any atom is -0.437 e. The molecule has 0 saturated heterocycles. The van der Waals surface area contributed by atoms with Gasteiger partial charge in [-0.1, -0.05) is 19.9 Å². The van der Waals surface area contributed by atoms with Crippen LogP contribution in [-0.2, 0) is 0 Å². The zero-order valence-corrected chi connectivity index (χ0v) is 11.7. The van der Waals surface area contributed by atoms with Crippen LogP contribution in [0.5, 0.6) is 11.6 Å². The van der Waals surface area contributed by atoms with Crippen LogP contribution in [0, 0.1) is 6.92 Å². The Hall–Kier alpha value is -2.43. The number of ether oxygens (including phenoxy) is 1. The molecule has 1 aromatic carbocycles. The van der Waals surface area contributed by atoms with Crippen molar-refractivity contribution in [1.29, 1.82) is 0 Å². The highest BCUT2D eigenvalue weighted by atomic mass is 16.5. The average Bonchev–Trinajstić information content (AvgIpc) is 2.87. The minimum atomic E-state index is 0.490. The van der Waals surface area contributed by atoms with E-state index in [0.29, 0.717) is 23.0 Å². The lowest BCUT2D eigenvalue weighted by atomic mass is 9.98. The van der Waals surface area contributed by atoms with Gasteiger partial charge in [-0.2, -0.15) is 4.98 Å². The molecule has 5 heteroatoms. The molecule has 3 rings (SSSR count). The summed E-state index contributed by atoms with van der Waals surface area (Å²) in [5.74, 6) is 1.76. The molecular formula is C15H16N4O. The van der Waals surface area contributed by atoms with E-state index in [9.17, 15) is 0 Å². The molecule has 0 aliphatic carbocycles. The van der Waals surface area contributed by atoms with Crippen molar-refractivity contribution in [3.05, 3.63) is 42.0 Å². The molecule has 0 fully saturated rings. The number of aryl methyl sites for hydroxylation is 1. The predicted molar refractivity (Wildman–Crippen MR) is 77.0 cm³/mol. The van der Waals surface area contributed by atoms with Crippen LogP contribution < -0.4 is 4.74 Å². The number of H-pyrrole nitrogens is 1. The van der Waals surface area contributed by atoms with Crippen LogP contribution in [-0.4, -0.2) is 19.9 Å². The summed E-state index contributed by atoms with van der Waals surface area (Å²) in [5, 5.41) is 0. The van der Waals surface area contributed by atoms with Crippen molar-refractivity contribution in [2.45, 2.75) is 26.7 Å². The molecule has 0 saturated carbocycles. The fraction of sp³-hybridized carbons (Fsp3) is 0.267. The van der Waals surface area contributed by atoms with Gasteiger partial charge in [-0.15, -0.1) is 0 Å². The van der Waals surface area contributed by atoms with Gasteiger partial charge >= 0.3 is 0 Å². The zero-order valence-electron chi connectivity index (χ0n) is 11.7. The summed E-state index contributed by atoms with van der Waals surface area (Å²) in [6.45, 7) is 6.46. The lowest BCUT2D eigenvalue weighted by molar-refractivity contribution is 0.466. The molecule has 0 spiro atoms. The van der Waals surface area contributed by atoms with Crippen molar-refractivity contribution in [3.63, 3.8) is 0 Å². The molecule has 20 heavy (non-hydrogen) atoms. The molecule has 0 atom stereocenters. The Labute approximate surface area is 117 Å². The number of imidazole rings is 1. The van der Waals surface area contributed by atoms with Crippen LogP contribution in [0.2, 0.25) is 0 Å². The number of nitrogens with one attached hydrogen (secondary N) is 1. The Bertz CT molecular complexity index is 748. The normalized spacial score (nSPS) is 11.2. The number of hydrogen-bond acceptors (Lipinski definition) is 4. The maximum atomic E-state index is 5.84. The number of benzene rings is 1. The summed E-state index contributed by atoms with van der Waals surface area (Å²) >= 11 is 0. The minimum absolute atomic E-state index is 0.490. The van der Waals surface area contributed by atoms with Gasteiger partial charge in [0.2, 0.25) is 5.88 Å². The molecule has 2 aromatic heterocycles. The van der Waals surface area contributed by atoms with E-state index < -0.39 is 0 Å². The molecule has 102 valence electrons. The lowest BCUT2D eigenvalue weighted by Gasteiger charge is -2.11. The van der Waals surface area contributed by atoms with Crippen LogP contribution >= 0.6 is 0 Å². The molecule has 5 nitrogen and oxygen atoms in total. The topological polar surface area (TPSA) is 63.7 Å². The van der Waals surface area contributed by atoms with Crippen molar-refractivity contribution >= 4 is 11.2 Å². The van der Waals surface area contributed by atoms with Gasteiger partial charge in [-0.05, 0) is 36.1 Å². The summed E-state index contributed by atoms with van der Waals surface area (Å²) in [5.41, 5.74) is 3.85. The van der Waals surface area contributed by atoms with Crippen molar-refractivity contribution in [2.75, 3.05) is 0 Å². The first kappa shape index (κ1) is 12.6. The summed E-state index contributed by atoms with van der Waals surface area (Å²) < 4.78 is 5.84. The average molecular weight is 268 g/mol. The third-order valence-electron chi connectivity index (χ3n) is 3.27. The SMILES string of the molecule is Cc1cc(Oc2ncnc3nc[nH]c23)ccc1C(C)C. The van der Waals surface area contributed by atoms with Gasteiger partial charge < -0.3 is 9.72 Å². The summed E-state index contributed by atoms with van der Waals surface area (Å²) in [6.07, 6.45) is 3.03. The highest BCUT2D eigenvalue weighted by molar-refractivity contribution is 5.75. The van der Waals surface area contributed by atoms with Gasteiger partial charge in [-0.25, -0.2) is 9.97 Å². The number of aromatic amines is 1. The fourth-order valence-corrected chi connectivity index (χ4v) is 2.29. The quantitative estimate of drug-likeness (QED) is 0.788. The van der Waals surface area contributed by atoms with E-state index in [4.69, 9.17) is 4.74 Å². The van der Waals surface area contributed by atoms with Crippen LogP contribution in [0.4, 0.5) is 0 Å². The molecule has 0 amide bonds. The Morgan fingerprint density at radius 2 is 2.00 bits per heavy atom. The smallest absolute Gasteiger partial charge is 0.248 e. The largest absolute Gasteiger partial charge is 0.437 e. The summed E-state index contributed by atoms with van der Waals surface area (Å²) in [6, 6.07) is 6.09. The van der Waals surface area contributed by atoms with E-state index in [2.05, 4.69) is 46.8 Å². The van der Waals surface area contributed by atoms with Crippen LogP contribution in [0.25, 0.3) is 11.2 Å². The van der Waals surface area contributed by atoms with Gasteiger partial charge in [0.25, 0.3) is 0 Å². The highest BCUT2D eigenvalue weighted by Gasteiger charge is 2.10. The Morgan fingerprint density at radius 3 is 2.75 bits per heavy atom. The van der Waals surface area contributed by atoms with E-state index in [0.717, 1.165) is 5.75 Å². The van der Waals surface area contributed by atoms with Crippen LogP contribution in [0.3, 0.4) is 0 Å². The molecular weight excluding hydrogens is 252 g/mol. The predicted octanol–water partition coefficient (Wildman–Crippen LogP) is 3.58. The van der Waals surface area contributed by atoms with Crippen LogP contribution in [0.1, 0.15) is 30.9 Å². The fourth-order valence-electron chi connectivity index (χ4n) is 2.29. The summed E-state index contributed by atoms with van der Waals surface area (Å²) in [4.78, 5) is 15.3. The van der Waals surface area contributed by atoms with E-state index in [1.165, 1.54) is 17.5 Å². The van der Waals surface area contributed by atoms with Crippen molar-refractivity contribution in [1.82, 2.24) is 19.9 Å². The number of rotatable bonds is 3. The Kier molecular flexibility index (Phi) is 3.10. The second kappa shape index (κ2) is 4.92. The van der Waals surface area contributed by atoms with Crippen molar-refractivity contribution in [3.8, 4) is 11.6 Å². The van der Waals surface area contributed by atoms with Crippen molar-refractivity contribution < 1.29 is 4.74 Å². The molecule has 1 N–H and O–H groups in total. The second-order valence-electron chi connectivity index (χ2n) is 5.06. The monoisotopic (exact) mass is 268 g/mol. The number of fused-ring (bicyclic) bond motifs is 1. The van der Waals surface area contributed by atoms with Gasteiger partial charge in [0.05, 0.1) is 6.33 Å². The molecule has 0 bridgehead atoms. The third kappa shape index (κ3) is 2.22. The lowest BCUT2D eigenvalue weighted by Crippen LogP contribution is -1.95. The maximum Gasteiger partial charge on any atom is 0.248 e. The second-order valence-corrected chi connectivity index (χ2v) is 5.06. The number of hydrogen-bond donors (Lipinski definition) is 1. The molecule has 0 unspecified atom stereocenters. The maximum absolute atomic E-state index is 5.84. The first-order valence-corrected chi connectivity index (χ1v) is 6.57. The Balaban J connectivity index is 1.95. The van der Waals surface area contributed by atoms with Crippen LogP contribution in [0.15, 0.2) is 30.9 Å².